The van der Waals surface area contributed by atoms with E-state index in [1.165, 1.54) is 0 Å². The highest BCUT2D eigenvalue weighted by Crippen LogP contribution is 2.15. The molecule has 1 aromatic heterocycles. The maximum absolute atomic E-state index is 12.3. The lowest BCUT2D eigenvalue weighted by molar-refractivity contribution is -0.136. The fourth-order valence-electron chi connectivity index (χ4n) is 1.93. The lowest BCUT2D eigenvalue weighted by Crippen LogP contribution is -2.53. The molecular weight excluding hydrogens is 226 g/mol. The van der Waals surface area contributed by atoms with Crippen LogP contribution in [0.4, 0.5) is 0 Å². The van der Waals surface area contributed by atoms with Crippen molar-refractivity contribution in [3.05, 3.63) is 29.6 Å². The summed E-state index contributed by atoms with van der Waals surface area (Å²) in [5.41, 5.74) is 7.21. The Balaban J connectivity index is 2.77. The van der Waals surface area contributed by atoms with Crippen LogP contribution in [-0.4, -0.2) is 28.4 Å². The molecule has 0 aliphatic heterocycles. The molecule has 0 spiro atoms. The van der Waals surface area contributed by atoms with E-state index in [9.17, 15) is 4.79 Å². The molecule has 1 heterocycles. The van der Waals surface area contributed by atoms with Gasteiger partial charge < -0.3 is 10.6 Å². The van der Waals surface area contributed by atoms with Crippen molar-refractivity contribution < 1.29 is 4.79 Å². The predicted molar refractivity (Wildman–Crippen MR) is 72.9 cm³/mol. The molecule has 0 bridgehead atoms. The van der Waals surface area contributed by atoms with Gasteiger partial charge in [0.25, 0.3) is 0 Å². The van der Waals surface area contributed by atoms with Gasteiger partial charge in [0.05, 0.1) is 17.8 Å². The normalized spacial score (nSPS) is 11.4. The number of aryl methyl sites for hydroxylation is 1. The van der Waals surface area contributed by atoms with Crippen molar-refractivity contribution in [2.75, 3.05) is 7.05 Å². The second-order valence-electron chi connectivity index (χ2n) is 4.79. The number of nitrogens with two attached hydrogens (primary N) is 1. The van der Waals surface area contributed by atoms with Crippen LogP contribution in [-0.2, 0) is 11.3 Å². The van der Waals surface area contributed by atoms with Crippen LogP contribution in [0.25, 0.3) is 0 Å². The van der Waals surface area contributed by atoms with Gasteiger partial charge in [-0.1, -0.05) is 19.9 Å². The van der Waals surface area contributed by atoms with Gasteiger partial charge in [-0.25, -0.2) is 0 Å². The lowest BCUT2D eigenvalue weighted by atomic mass is 9.92. The molecule has 0 atom stereocenters. The minimum absolute atomic E-state index is 0.0178. The van der Waals surface area contributed by atoms with Crippen LogP contribution in [0.5, 0.6) is 0 Å². The van der Waals surface area contributed by atoms with E-state index in [1.54, 1.807) is 11.9 Å². The molecule has 0 fully saturated rings. The standard InChI is InChI=1S/C14H23N3O/c1-5-14(15,6-2)13(18)17(4)10-12-9-7-8-11(3)16-12/h7-9H,5-6,10,15H2,1-4H3. The van der Waals surface area contributed by atoms with E-state index in [1.807, 2.05) is 39.0 Å². The number of nitrogens with zero attached hydrogens (tertiary/aromatic N) is 2. The fourth-order valence-corrected chi connectivity index (χ4v) is 1.93. The van der Waals surface area contributed by atoms with E-state index in [2.05, 4.69) is 4.98 Å². The van der Waals surface area contributed by atoms with E-state index in [0.717, 1.165) is 11.4 Å². The zero-order valence-electron chi connectivity index (χ0n) is 11.7. The van der Waals surface area contributed by atoms with E-state index in [-0.39, 0.29) is 5.91 Å². The number of hydrogen-bond donors (Lipinski definition) is 1. The first-order valence-electron chi connectivity index (χ1n) is 6.40. The monoisotopic (exact) mass is 249 g/mol. The van der Waals surface area contributed by atoms with Crippen LogP contribution in [0.15, 0.2) is 18.2 Å². The van der Waals surface area contributed by atoms with Gasteiger partial charge in [-0.3, -0.25) is 9.78 Å². The molecule has 0 aliphatic carbocycles. The van der Waals surface area contributed by atoms with Gasteiger partial charge in [0, 0.05) is 12.7 Å². The van der Waals surface area contributed by atoms with Crippen molar-refractivity contribution in [3.8, 4) is 0 Å². The summed E-state index contributed by atoms with van der Waals surface area (Å²) < 4.78 is 0. The van der Waals surface area contributed by atoms with Crippen LogP contribution in [0.1, 0.15) is 38.1 Å². The molecule has 0 aromatic carbocycles. The summed E-state index contributed by atoms with van der Waals surface area (Å²) in [6.45, 7) is 6.33. The zero-order valence-corrected chi connectivity index (χ0v) is 11.7. The SMILES string of the molecule is CCC(N)(CC)C(=O)N(C)Cc1cccc(C)n1. The molecule has 4 nitrogen and oxygen atoms in total. The summed E-state index contributed by atoms with van der Waals surface area (Å²) >= 11 is 0. The summed E-state index contributed by atoms with van der Waals surface area (Å²) in [6.07, 6.45) is 1.29. The Morgan fingerprint density at radius 1 is 1.39 bits per heavy atom. The Morgan fingerprint density at radius 3 is 2.50 bits per heavy atom. The van der Waals surface area contributed by atoms with Crippen LogP contribution >= 0.6 is 0 Å². The Bertz CT molecular complexity index is 413. The predicted octanol–water partition coefficient (Wildman–Crippen LogP) is 1.87. The van der Waals surface area contributed by atoms with Gasteiger partial charge >= 0.3 is 0 Å². The van der Waals surface area contributed by atoms with Gasteiger partial charge in [0.1, 0.15) is 0 Å². The highest BCUT2D eigenvalue weighted by molar-refractivity contribution is 5.85. The molecule has 4 heteroatoms. The minimum Gasteiger partial charge on any atom is -0.338 e. The molecule has 1 aromatic rings. The van der Waals surface area contributed by atoms with Gasteiger partial charge in [-0.15, -0.1) is 0 Å². The average molecular weight is 249 g/mol. The number of carbonyl (C=O) groups excluding carboxylic acids is 1. The Kier molecular flexibility index (Phi) is 4.84. The maximum Gasteiger partial charge on any atom is 0.242 e. The number of hydrogen-bond acceptors (Lipinski definition) is 3. The molecule has 1 amide bonds. The molecule has 18 heavy (non-hydrogen) atoms. The summed E-state index contributed by atoms with van der Waals surface area (Å²) in [5, 5.41) is 0. The first-order chi connectivity index (χ1) is 8.42. The van der Waals surface area contributed by atoms with Gasteiger partial charge in [-0.2, -0.15) is 0 Å². The van der Waals surface area contributed by atoms with E-state index in [4.69, 9.17) is 5.73 Å². The molecular formula is C14H23N3O. The second-order valence-corrected chi connectivity index (χ2v) is 4.79. The van der Waals surface area contributed by atoms with Crippen molar-refractivity contribution >= 4 is 5.91 Å². The largest absolute Gasteiger partial charge is 0.338 e. The molecule has 100 valence electrons. The lowest BCUT2D eigenvalue weighted by Gasteiger charge is -2.30. The Labute approximate surface area is 109 Å². The number of amides is 1. The Morgan fingerprint density at radius 2 is 2.00 bits per heavy atom. The third-order valence-electron chi connectivity index (χ3n) is 3.38. The van der Waals surface area contributed by atoms with Crippen molar-refractivity contribution in [1.82, 2.24) is 9.88 Å². The molecule has 0 radical (unpaired) electrons. The molecule has 0 unspecified atom stereocenters. The van der Waals surface area contributed by atoms with Crippen LogP contribution in [0, 0.1) is 6.92 Å². The summed E-state index contributed by atoms with van der Waals surface area (Å²) in [5.74, 6) is -0.0178. The molecule has 1 rings (SSSR count). The summed E-state index contributed by atoms with van der Waals surface area (Å²) in [6, 6.07) is 5.81. The summed E-state index contributed by atoms with van der Waals surface area (Å²) in [4.78, 5) is 18.3. The van der Waals surface area contributed by atoms with E-state index in [0.29, 0.717) is 19.4 Å². The Hall–Kier alpha value is -1.42. The highest BCUT2D eigenvalue weighted by Gasteiger charge is 2.32. The van der Waals surface area contributed by atoms with Gasteiger partial charge in [0.15, 0.2) is 0 Å². The quantitative estimate of drug-likeness (QED) is 0.866. The van der Waals surface area contributed by atoms with Crippen molar-refractivity contribution in [2.45, 2.75) is 45.7 Å². The highest BCUT2D eigenvalue weighted by atomic mass is 16.2. The minimum atomic E-state index is -0.751. The van der Waals surface area contributed by atoms with Crippen LogP contribution in [0.3, 0.4) is 0 Å². The van der Waals surface area contributed by atoms with Crippen LogP contribution < -0.4 is 5.73 Å². The second kappa shape index (κ2) is 5.96. The molecule has 0 aliphatic rings. The molecule has 2 N–H and O–H groups in total. The van der Waals surface area contributed by atoms with Crippen molar-refractivity contribution in [1.29, 1.82) is 0 Å². The number of aromatic nitrogens is 1. The van der Waals surface area contributed by atoms with Gasteiger partial charge in [0.2, 0.25) is 5.91 Å². The third kappa shape index (κ3) is 3.29. The van der Waals surface area contributed by atoms with Crippen molar-refractivity contribution in [2.24, 2.45) is 5.73 Å². The smallest absolute Gasteiger partial charge is 0.242 e. The van der Waals surface area contributed by atoms with Crippen molar-refractivity contribution in [3.63, 3.8) is 0 Å². The van der Waals surface area contributed by atoms with E-state index >= 15 is 0 Å². The van der Waals surface area contributed by atoms with E-state index < -0.39 is 5.54 Å². The first kappa shape index (κ1) is 14.6. The number of rotatable bonds is 5. The number of pyridine rings is 1. The topological polar surface area (TPSA) is 59.2 Å². The first-order valence-corrected chi connectivity index (χ1v) is 6.40. The average Bonchev–Trinajstić information content (AvgIpc) is 2.37. The fraction of sp³-hybridized carbons (Fsp3) is 0.571. The number of likely N-dealkylation sites (N-methyl/N-ethyl adjacent to an activating group) is 1. The third-order valence-corrected chi connectivity index (χ3v) is 3.38. The molecule has 0 saturated heterocycles. The zero-order chi connectivity index (χ0) is 13.8. The maximum atomic E-state index is 12.3. The summed E-state index contributed by atoms with van der Waals surface area (Å²) in [7, 11) is 1.78. The van der Waals surface area contributed by atoms with Crippen LogP contribution in [0.2, 0.25) is 0 Å². The van der Waals surface area contributed by atoms with Gasteiger partial charge in [-0.05, 0) is 31.9 Å². The number of carbonyl (C=O) groups is 1. The molecule has 0 saturated carbocycles.